The van der Waals surface area contributed by atoms with Crippen molar-refractivity contribution in [3.05, 3.63) is 40.5 Å². The second-order valence-electron chi connectivity index (χ2n) is 4.46. The third kappa shape index (κ3) is 3.94. The number of rotatable bonds is 5. The maximum atomic E-state index is 6.15. The minimum Gasteiger partial charge on any atom is -0.484 e. The van der Waals surface area contributed by atoms with Gasteiger partial charge in [0, 0.05) is 13.0 Å². The van der Waals surface area contributed by atoms with Crippen LogP contribution in [0.25, 0.3) is 0 Å². The lowest BCUT2D eigenvalue weighted by Gasteiger charge is -2.09. The van der Waals surface area contributed by atoms with Crippen molar-refractivity contribution in [3.63, 3.8) is 0 Å². The van der Waals surface area contributed by atoms with Crippen LogP contribution in [0.15, 0.2) is 22.7 Å². The number of ether oxygens (including phenoxy) is 1. The Morgan fingerprint density at radius 3 is 2.84 bits per heavy atom. The predicted molar refractivity (Wildman–Crippen MR) is 72.2 cm³/mol. The molecule has 0 aliphatic carbocycles. The van der Waals surface area contributed by atoms with E-state index < -0.39 is 0 Å². The van der Waals surface area contributed by atoms with Gasteiger partial charge >= 0.3 is 0 Å². The van der Waals surface area contributed by atoms with E-state index in [1.807, 2.05) is 25.1 Å². The largest absolute Gasteiger partial charge is 0.484 e. The van der Waals surface area contributed by atoms with E-state index in [4.69, 9.17) is 26.6 Å². The fourth-order valence-electron chi connectivity index (χ4n) is 1.70. The van der Waals surface area contributed by atoms with Gasteiger partial charge in [-0.2, -0.15) is 4.98 Å². The Morgan fingerprint density at radius 2 is 2.26 bits per heavy atom. The second kappa shape index (κ2) is 6.04. The SMILES string of the molecule is Cc1nc(COc2ccc(CC(C)N)cc2Cl)no1. The van der Waals surface area contributed by atoms with Crippen LogP contribution in [0.4, 0.5) is 0 Å². The van der Waals surface area contributed by atoms with E-state index in [1.54, 1.807) is 6.92 Å². The lowest BCUT2D eigenvalue weighted by atomic mass is 10.1. The molecule has 2 rings (SSSR count). The molecule has 1 atom stereocenters. The summed E-state index contributed by atoms with van der Waals surface area (Å²) >= 11 is 6.15. The quantitative estimate of drug-likeness (QED) is 0.911. The van der Waals surface area contributed by atoms with Crippen LogP contribution in [-0.2, 0) is 13.0 Å². The van der Waals surface area contributed by atoms with Crippen molar-refractivity contribution in [2.24, 2.45) is 5.73 Å². The zero-order valence-electron chi connectivity index (χ0n) is 10.9. The topological polar surface area (TPSA) is 74.2 Å². The Hall–Kier alpha value is -1.59. The molecule has 1 aromatic carbocycles. The van der Waals surface area contributed by atoms with Gasteiger partial charge in [-0.15, -0.1) is 0 Å². The minimum absolute atomic E-state index is 0.102. The molecule has 0 saturated heterocycles. The first kappa shape index (κ1) is 13.8. The summed E-state index contributed by atoms with van der Waals surface area (Å²) in [5, 5.41) is 4.30. The van der Waals surface area contributed by atoms with Crippen molar-refractivity contribution < 1.29 is 9.26 Å². The van der Waals surface area contributed by atoms with Gasteiger partial charge in [0.2, 0.25) is 11.7 Å². The molecule has 19 heavy (non-hydrogen) atoms. The van der Waals surface area contributed by atoms with Crippen molar-refractivity contribution in [1.29, 1.82) is 0 Å². The maximum Gasteiger partial charge on any atom is 0.223 e. The monoisotopic (exact) mass is 281 g/mol. The lowest BCUT2D eigenvalue weighted by Crippen LogP contribution is -2.17. The van der Waals surface area contributed by atoms with Gasteiger partial charge in [-0.1, -0.05) is 22.8 Å². The van der Waals surface area contributed by atoms with Gasteiger partial charge in [0.25, 0.3) is 0 Å². The highest BCUT2D eigenvalue weighted by molar-refractivity contribution is 6.32. The normalized spacial score (nSPS) is 12.4. The van der Waals surface area contributed by atoms with E-state index in [9.17, 15) is 0 Å². The Kier molecular flexibility index (Phi) is 4.39. The number of aromatic nitrogens is 2. The predicted octanol–water partition coefficient (Wildman–Crippen LogP) is 2.50. The summed E-state index contributed by atoms with van der Waals surface area (Å²) in [6.45, 7) is 3.91. The van der Waals surface area contributed by atoms with Crippen LogP contribution in [0.1, 0.15) is 24.2 Å². The first-order valence-corrected chi connectivity index (χ1v) is 6.38. The van der Waals surface area contributed by atoms with Gasteiger partial charge in [-0.25, -0.2) is 0 Å². The average Bonchev–Trinajstić information content (AvgIpc) is 2.73. The van der Waals surface area contributed by atoms with Crippen molar-refractivity contribution >= 4 is 11.6 Å². The van der Waals surface area contributed by atoms with Gasteiger partial charge in [0.1, 0.15) is 5.75 Å². The Morgan fingerprint density at radius 1 is 1.47 bits per heavy atom. The fourth-order valence-corrected chi connectivity index (χ4v) is 1.96. The van der Waals surface area contributed by atoms with Gasteiger partial charge in [-0.05, 0) is 31.0 Å². The van der Waals surface area contributed by atoms with Crippen LogP contribution in [0.5, 0.6) is 5.75 Å². The molecule has 2 aromatic rings. The summed E-state index contributed by atoms with van der Waals surface area (Å²) in [4.78, 5) is 4.05. The molecule has 0 aliphatic heterocycles. The molecule has 0 aliphatic rings. The van der Waals surface area contributed by atoms with Crippen LogP contribution in [0, 0.1) is 6.92 Å². The first-order valence-electron chi connectivity index (χ1n) is 6.00. The highest BCUT2D eigenvalue weighted by Crippen LogP contribution is 2.26. The Balaban J connectivity index is 2.00. The molecule has 0 bridgehead atoms. The van der Waals surface area contributed by atoms with E-state index in [-0.39, 0.29) is 12.6 Å². The van der Waals surface area contributed by atoms with Gasteiger partial charge in [-0.3, -0.25) is 0 Å². The first-order chi connectivity index (χ1) is 9.04. The summed E-state index contributed by atoms with van der Waals surface area (Å²) < 4.78 is 10.4. The van der Waals surface area contributed by atoms with Crippen LogP contribution in [0.3, 0.4) is 0 Å². The zero-order chi connectivity index (χ0) is 13.8. The van der Waals surface area contributed by atoms with E-state index in [0.29, 0.717) is 22.5 Å². The van der Waals surface area contributed by atoms with E-state index in [1.165, 1.54) is 0 Å². The third-order valence-corrected chi connectivity index (χ3v) is 2.78. The molecule has 0 fully saturated rings. The summed E-state index contributed by atoms with van der Waals surface area (Å²) in [6, 6.07) is 5.74. The molecule has 0 saturated carbocycles. The van der Waals surface area contributed by atoms with E-state index in [2.05, 4.69) is 10.1 Å². The summed E-state index contributed by atoms with van der Waals surface area (Å²) in [6.07, 6.45) is 0.782. The molecule has 0 spiro atoms. The Labute approximate surface area is 116 Å². The molecule has 5 nitrogen and oxygen atoms in total. The van der Waals surface area contributed by atoms with Crippen molar-refractivity contribution in [2.75, 3.05) is 0 Å². The standard InChI is InChI=1S/C13H16ClN3O2/c1-8(15)5-10-3-4-12(11(14)6-10)18-7-13-16-9(2)19-17-13/h3-4,6,8H,5,7,15H2,1-2H3. The Bertz CT molecular complexity index is 555. The molecule has 1 aromatic heterocycles. The second-order valence-corrected chi connectivity index (χ2v) is 4.87. The summed E-state index contributed by atoms with van der Waals surface area (Å²) in [7, 11) is 0. The molecule has 0 amide bonds. The smallest absolute Gasteiger partial charge is 0.223 e. The highest BCUT2D eigenvalue weighted by Gasteiger charge is 2.07. The van der Waals surface area contributed by atoms with Gasteiger partial charge in [0.05, 0.1) is 5.02 Å². The summed E-state index contributed by atoms with van der Waals surface area (Å²) in [5.41, 5.74) is 6.83. The average molecular weight is 282 g/mol. The van der Waals surface area contributed by atoms with E-state index >= 15 is 0 Å². The van der Waals surface area contributed by atoms with Crippen molar-refractivity contribution in [1.82, 2.24) is 10.1 Å². The van der Waals surface area contributed by atoms with Crippen LogP contribution < -0.4 is 10.5 Å². The van der Waals surface area contributed by atoms with Crippen molar-refractivity contribution in [3.8, 4) is 5.75 Å². The van der Waals surface area contributed by atoms with E-state index in [0.717, 1.165) is 12.0 Å². The number of hydrogen-bond acceptors (Lipinski definition) is 5. The molecule has 1 heterocycles. The molecule has 2 N–H and O–H groups in total. The number of benzene rings is 1. The molecule has 102 valence electrons. The molecule has 0 radical (unpaired) electrons. The number of nitrogens with zero attached hydrogens (tertiary/aromatic N) is 2. The van der Waals surface area contributed by atoms with Gasteiger partial charge in [0.15, 0.2) is 6.61 Å². The fraction of sp³-hybridized carbons (Fsp3) is 0.385. The highest BCUT2D eigenvalue weighted by atomic mass is 35.5. The number of nitrogens with two attached hydrogens (primary N) is 1. The zero-order valence-corrected chi connectivity index (χ0v) is 11.6. The third-order valence-electron chi connectivity index (χ3n) is 2.48. The van der Waals surface area contributed by atoms with Crippen LogP contribution >= 0.6 is 11.6 Å². The number of halogens is 1. The van der Waals surface area contributed by atoms with Crippen LogP contribution in [-0.4, -0.2) is 16.2 Å². The number of aryl methyl sites for hydroxylation is 1. The molecule has 6 heteroatoms. The van der Waals surface area contributed by atoms with Crippen LogP contribution in [0.2, 0.25) is 5.02 Å². The molecular weight excluding hydrogens is 266 g/mol. The lowest BCUT2D eigenvalue weighted by molar-refractivity contribution is 0.286. The molecule has 1 unspecified atom stereocenters. The van der Waals surface area contributed by atoms with Gasteiger partial charge < -0.3 is 15.0 Å². The van der Waals surface area contributed by atoms with Crippen molar-refractivity contribution in [2.45, 2.75) is 32.9 Å². The minimum atomic E-state index is 0.102. The summed E-state index contributed by atoms with van der Waals surface area (Å²) in [5.74, 6) is 1.60. The number of hydrogen-bond donors (Lipinski definition) is 1. The maximum absolute atomic E-state index is 6.15. The molecular formula is C13H16ClN3O2.